The van der Waals surface area contributed by atoms with E-state index in [-0.39, 0.29) is 0 Å². The minimum absolute atomic E-state index is 1.11. The topological polar surface area (TPSA) is 3.24 Å². The summed E-state index contributed by atoms with van der Waals surface area (Å²) in [6, 6.07) is 76.0. The fourth-order valence-electron chi connectivity index (χ4n) is 6.89. The summed E-state index contributed by atoms with van der Waals surface area (Å²) in [5.41, 5.74) is 15.2. The van der Waals surface area contributed by atoms with Crippen molar-refractivity contribution < 1.29 is 0 Å². The van der Waals surface area contributed by atoms with E-state index in [0.29, 0.717) is 0 Å². The van der Waals surface area contributed by atoms with E-state index in [9.17, 15) is 0 Å². The first-order valence-electron chi connectivity index (χ1n) is 16.8. The van der Waals surface area contributed by atoms with E-state index < -0.39 is 0 Å². The van der Waals surface area contributed by atoms with Crippen molar-refractivity contribution in [2.75, 3.05) is 4.90 Å². The Hall–Kier alpha value is -6.44. The van der Waals surface area contributed by atoms with Crippen LogP contribution in [0.2, 0.25) is 0 Å². The van der Waals surface area contributed by atoms with Crippen LogP contribution in [0.5, 0.6) is 0 Å². The fraction of sp³-hybridized carbons (Fsp3) is 0. The molecular formula is C48H35N. The Morgan fingerprint density at radius 3 is 0.857 bits per heavy atom. The molecule has 0 heterocycles. The van der Waals surface area contributed by atoms with Crippen LogP contribution >= 0.6 is 0 Å². The minimum atomic E-state index is 1.11. The second-order valence-electron chi connectivity index (χ2n) is 12.1. The average molecular weight is 626 g/mol. The highest BCUT2D eigenvalue weighted by molar-refractivity contribution is 6.00. The zero-order valence-electron chi connectivity index (χ0n) is 27.2. The molecule has 0 unspecified atom stereocenters. The first kappa shape index (κ1) is 29.9. The number of hydrogen-bond donors (Lipinski definition) is 0. The maximum absolute atomic E-state index is 2.46. The van der Waals surface area contributed by atoms with Gasteiger partial charge in [-0.3, -0.25) is 0 Å². The number of anilines is 3. The number of rotatable bonds is 8. The zero-order valence-corrected chi connectivity index (χ0v) is 27.2. The van der Waals surface area contributed by atoms with E-state index in [1.807, 2.05) is 0 Å². The SMILES string of the molecule is c1ccc(-c2ccccc2-c2ccccc2-c2ccccc2N(c2ccccc2-c2ccccc2)c2ccccc2-c2ccccc2)cc1. The molecule has 0 aliphatic rings. The van der Waals surface area contributed by atoms with Crippen LogP contribution in [-0.2, 0) is 0 Å². The predicted octanol–water partition coefficient (Wildman–Crippen LogP) is 13.5. The Kier molecular flexibility index (Phi) is 8.39. The molecule has 0 aliphatic heterocycles. The summed E-state index contributed by atoms with van der Waals surface area (Å²) >= 11 is 0. The molecule has 0 aliphatic carbocycles. The molecule has 0 aromatic heterocycles. The second kappa shape index (κ2) is 13.7. The first-order valence-corrected chi connectivity index (χ1v) is 16.8. The summed E-state index contributed by atoms with van der Waals surface area (Å²) in [7, 11) is 0. The van der Waals surface area contributed by atoms with Crippen LogP contribution in [0.4, 0.5) is 17.1 Å². The van der Waals surface area contributed by atoms with E-state index in [4.69, 9.17) is 0 Å². The van der Waals surface area contributed by atoms with Gasteiger partial charge in [0, 0.05) is 16.7 Å². The van der Waals surface area contributed by atoms with E-state index in [1.54, 1.807) is 0 Å². The molecule has 49 heavy (non-hydrogen) atoms. The molecule has 8 aromatic carbocycles. The van der Waals surface area contributed by atoms with Crippen molar-refractivity contribution in [3.8, 4) is 55.6 Å². The Balaban J connectivity index is 1.40. The molecular weight excluding hydrogens is 591 g/mol. The standard InChI is InChI=1S/C48H35N/c1-4-20-36(21-5-1)39-26-10-11-29-42(39)43-30-12-13-31-44(43)45-32-16-19-35-48(45)49(46-33-17-14-27-40(46)37-22-6-2-7-23-37)47-34-18-15-28-41(47)38-24-8-3-9-25-38/h1-35H. The molecule has 0 bridgehead atoms. The fourth-order valence-corrected chi connectivity index (χ4v) is 6.89. The normalized spacial score (nSPS) is 10.9. The molecule has 8 aromatic rings. The summed E-state index contributed by atoms with van der Waals surface area (Å²) in [5.74, 6) is 0. The lowest BCUT2D eigenvalue weighted by Gasteiger charge is -2.32. The molecule has 0 atom stereocenters. The van der Waals surface area contributed by atoms with Gasteiger partial charge in [-0.05, 0) is 57.1 Å². The van der Waals surface area contributed by atoms with Crippen molar-refractivity contribution in [3.05, 3.63) is 212 Å². The molecule has 0 radical (unpaired) electrons. The second-order valence-corrected chi connectivity index (χ2v) is 12.1. The average Bonchev–Trinajstić information content (AvgIpc) is 3.20. The van der Waals surface area contributed by atoms with Gasteiger partial charge in [0.1, 0.15) is 0 Å². The Bertz CT molecular complexity index is 2240. The van der Waals surface area contributed by atoms with Gasteiger partial charge in [-0.25, -0.2) is 0 Å². The van der Waals surface area contributed by atoms with Crippen molar-refractivity contribution in [1.82, 2.24) is 0 Å². The van der Waals surface area contributed by atoms with Gasteiger partial charge in [-0.15, -0.1) is 0 Å². The van der Waals surface area contributed by atoms with Gasteiger partial charge >= 0.3 is 0 Å². The van der Waals surface area contributed by atoms with Crippen LogP contribution in [0.1, 0.15) is 0 Å². The smallest absolute Gasteiger partial charge is 0.0540 e. The number of benzene rings is 8. The van der Waals surface area contributed by atoms with Gasteiger partial charge in [-0.1, -0.05) is 194 Å². The largest absolute Gasteiger partial charge is 0.309 e. The monoisotopic (exact) mass is 625 g/mol. The molecule has 232 valence electrons. The van der Waals surface area contributed by atoms with Gasteiger partial charge in [0.25, 0.3) is 0 Å². The van der Waals surface area contributed by atoms with Crippen LogP contribution in [0, 0.1) is 0 Å². The van der Waals surface area contributed by atoms with Crippen molar-refractivity contribution >= 4 is 17.1 Å². The van der Waals surface area contributed by atoms with Gasteiger partial charge in [0.15, 0.2) is 0 Å². The van der Waals surface area contributed by atoms with Crippen LogP contribution in [0.3, 0.4) is 0 Å². The summed E-state index contributed by atoms with van der Waals surface area (Å²) in [6.45, 7) is 0. The third-order valence-corrected chi connectivity index (χ3v) is 9.12. The Labute approximate surface area is 289 Å². The highest BCUT2D eigenvalue weighted by Gasteiger charge is 2.24. The maximum Gasteiger partial charge on any atom is 0.0540 e. The summed E-state index contributed by atoms with van der Waals surface area (Å²) in [6.07, 6.45) is 0. The van der Waals surface area contributed by atoms with Crippen molar-refractivity contribution in [1.29, 1.82) is 0 Å². The quantitative estimate of drug-likeness (QED) is 0.162. The minimum Gasteiger partial charge on any atom is -0.309 e. The molecule has 0 fully saturated rings. The summed E-state index contributed by atoms with van der Waals surface area (Å²) < 4.78 is 0. The molecule has 1 nitrogen and oxygen atoms in total. The predicted molar refractivity (Wildman–Crippen MR) is 208 cm³/mol. The van der Waals surface area contributed by atoms with E-state index >= 15 is 0 Å². The maximum atomic E-state index is 2.46. The van der Waals surface area contributed by atoms with E-state index in [2.05, 4.69) is 217 Å². The Morgan fingerprint density at radius 2 is 0.429 bits per heavy atom. The van der Waals surface area contributed by atoms with Gasteiger partial charge in [0.2, 0.25) is 0 Å². The van der Waals surface area contributed by atoms with Gasteiger partial charge < -0.3 is 4.90 Å². The third kappa shape index (κ3) is 5.95. The lowest BCUT2D eigenvalue weighted by atomic mass is 9.88. The molecule has 0 saturated carbocycles. The zero-order chi connectivity index (χ0) is 32.8. The van der Waals surface area contributed by atoms with E-state index in [1.165, 1.54) is 50.1 Å². The number of para-hydroxylation sites is 3. The highest BCUT2D eigenvalue weighted by Crippen LogP contribution is 2.49. The van der Waals surface area contributed by atoms with Gasteiger partial charge in [-0.2, -0.15) is 0 Å². The molecule has 0 N–H and O–H groups in total. The number of nitrogens with zero attached hydrogens (tertiary/aromatic N) is 1. The van der Waals surface area contributed by atoms with E-state index in [0.717, 1.165) is 22.6 Å². The number of hydrogen-bond acceptors (Lipinski definition) is 1. The highest BCUT2D eigenvalue weighted by atomic mass is 15.1. The third-order valence-electron chi connectivity index (χ3n) is 9.12. The molecule has 8 rings (SSSR count). The summed E-state index contributed by atoms with van der Waals surface area (Å²) in [4.78, 5) is 2.46. The lowest BCUT2D eigenvalue weighted by Crippen LogP contribution is -2.13. The molecule has 0 saturated heterocycles. The van der Waals surface area contributed by atoms with Crippen LogP contribution in [0.15, 0.2) is 212 Å². The Morgan fingerprint density at radius 1 is 0.184 bits per heavy atom. The van der Waals surface area contributed by atoms with Crippen molar-refractivity contribution in [3.63, 3.8) is 0 Å². The van der Waals surface area contributed by atoms with Crippen LogP contribution < -0.4 is 4.90 Å². The van der Waals surface area contributed by atoms with Crippen LogP contribution in [0.25, 0.3) is 55.6 Å². The van der Waals surface area contributed by atoms with Crippen molar-refractivity contribution in [2.45, 2.75) is 0 Å². The molecule has 0 spiro atoms. The first-order chi connectivity index (χ1) is 24.4. The summed E-state index contributed by atoms with van der Waals surface area (Å²) in [5, 5.41) is 0. The van der Waals surface area contributed by atoms with Crippen molar-refractivity contribution in [2.24, 2.45) is 0 Å². The molecule has 1 heteroatoms. The van der Waals surface area contributed by atoms with Crippen LogP contribution in [-0.4, -0.2) is 0 Å². The van der Waals surface area contributed by atoms with Gasteiger partial charge in [0.05, 0.1) is 17.1 Å². The molecule has 0 amide bonds. The lowest BCUT2D eigenvalue weighted by molar-refractivity contribution is 1.28.